The van der Waals surface area contributed by atoms with Crippen molar-refractivity contribution in [1.29, 1.82) is 0 Å². The van der Waals surface area contributed by atoms with Crippen LogP contribution >= 0.6 is 0 Å². The van der Waals surface area contributed by atoms with E-state index in [1.54, 1.807) is 24.0 Å². The molecule has 0 aliphatic heterocycles. The van der Waals surface area contributed by atoms with Crippen LogP contribution in [-0.4, -0.2) is 57.6 Å². The van der Waals surface area contributed by atoms with Crippen molar-refractivity contribution in [3.05, 3.63) is 35.3 Å². The average molecular weight is 416 g/mol. The monoisotopic (exact) mass is 416 g/mol. The Kier molecular flexibility index (Phi) is 6.46. The van der Waals surface area contributed by atoms with Crippen molar-refractivity contribution in [2.45, 2.75) is 27.3 Å². The third-order valence-electron chi connectivity index (χ3n) is 4.67. The number of aromatic carboxylic acids is 1. The highest BCUT2D eigenvalue weighted by Crippen LogP contribution is 2.29. The third kappa shape index (κ3) is 4.33. The molecule has 1 aromatic carbocycles. The number of carboxylic acid groups (broad SMARTS) is 1. The fourth-order valence-corrected chi connectivity index (χ4v) is 2.93. The molecule has 0 aliphatic rings. The summed E-state index contributed by atoms with van der Waals surface area (Å²) in [5.74, 6) is -0.742. The highest BCUT2D eigenvalue weighted by molar-refractivity contribution is 6.03. The fraction of sp³-hybridized carbons (Fsp3) is 0.400. The molecule has 0 saturated heterocycles. The number of nitrogens with one attached hydrogen (secondary N) is 1. The van der Waals surface area contributed by atoms with Crippen LogP contribution in [0.4, 0.5) is 21.8 Å². The minimum absolute atomic E-state index is 0.159. The number of rotatable bonds is 9. The molecule has 2 heterocycles. The van der Waals surface area contributed by atoms with Crippen LogP contribution < -0.4 is 10.2 Å². The van der Waals surface area contributed by atoms with Crippen molar-refractivity contribution in [2.24, 2.45) is 0 Å². The van der Waals surface area contributed by atoms with Gasteiger partial charge >= 0.3 is 5.97 Å². The van der Waals surface area contributed by atoms with Gasteiger partial charge in [-0.3, -0.25) is 4.68 Å². The van der Waals surface area contributed by atoms with Gasteiger partial charge in [0.2, 0.25) is 5.95 Å². The topological polar surface area (TPSA) is 105 Å². The van der Waals surface area contributed by atoms with E-state index in [1.165, 1.54) is 10.7 Å². The smallest absolute Gasteiger partial charge is 0.358 e. The van der Waals surface area contributed by atoms with Crippen LogP contribution in [0.5, 0.6) is 0 Å². The van der Waals surface area contributed by atoms with Crippen LogP contribution in [0.25, 0.3) is 11.0 Å². The molecule has 30 heavy (non-hydrogen) atoms. The van der Waals surface area contributed by atoms with E-state index >= 15 is 0 Å². The third-order valence-corrected chi connectivity index (χ3v) is 4.67. The summed E-state index contributed by atoms with van der Waals surface area (Å²) >= 11 is 0. The zero-order valence-electron chi connectivity index (χ0n) is 17.4. The molecule has 9 nitrogen and oxygen atoms in total. The maximum atomic E-state index is 13.7. The molecule has 10 heteroatoms. The summed E-state index contributed by atoms with van der Waals surface area (Å²) in [4.78, 5) is 22.7. The fourth-order valence-electron chi connectivity index (χ4n) is 2.93. The predicted molar refractivity (Wildman–Crippen MR) is 112 cm³/mol. The number of ether oxygens (including phenoxy) is 1. The first-order valence-corrected chi connectivity index (χ1v) is 9.69. The molecule has 160 valence electrons. The number of halogens is 1. The van der Waals surface area contributed by atoms with Crippen molar-refractivity contribution < 1.29 is 19.0 Å². The van der Waals surface area contributed by atoms with Gasteiger partial charge in [-0.2, -0.15) is 10.1 Å². The molecule has 2 N–H and O–H groups in total. The molecule has 0 amide bonds. The lowest BCUT2D eigenvalue weighted by Crippen LogP contribution is -2.19. The summed E-state index contributed by atoms with van der Waals surface area (Å²) in [6.45, 7) is 7.34. The second kappa shape index (κ2) is 9.04. The van der Waals surface area contributed by atoms with Crippen LogP contribution in [-0.2, 0) is 11.3 Å². The van der Waals surface area contributed by atoms with Gasteiger partial charge in [0, 0.05) is 25.9 Å². The largest absolute Gasteiger partial charge is 0.476 e. The number of hydrogen-bond donors (Lipinski definition) is 2. The number of carbonyl (C=O) groups is 1. The second-order valence-electron chi connectivity index (χ2n) is 6.75. The predicted octanol–water partition coefficient (Wildman–Crippen LogP) is 3.21. The van der Waals surface area contributed by atoms with Crippen LogP contribution in [0, 0.1) is 12.7 Å². The lowest BCUT2D eigenvalue weighted by molar-refractivity contribution is 0.0690. The highest BCUT2D eigenvalue weighted by atomic mass is 19.1. The normalized spacial score (nSPS) is 11.1. The van der Waals surface area contributed by atoms with E-state index in [0.29, 0.717) is 54.8 Å². The highest BCUT2D eigenvalue weighted by Gasteiger charge is 2.23. The van der Waals surface area contributed by atoms with Gasteiger partial charge in [-0.25, -0.2) is 14.2 Å². The Morgan fingerprint density at radius 1 is 1.33 bits per heavy atom. The van der Waals surface area contributed by atoms with Crippen molar-refractivity contribution in [3.63, 3.8) is 0 Å². The standard InChI is InChI=1S/C20H25FN6O3/c1-5-26(4)20-23-15-16(19(28)29)25-27(9-10-30-6-2)17(15)18(24-20)22-13-7-8-14(21)12(3)11-13/h7-8,11H,5-6,9-10H2,1-4H3,(H,28,29)(H,22,23,24). The van der Waals surface area contributed by atoms with Crippen molar-refractivity contribution in [2.75, 3.05) is 37.0 Å². The van der Waals surface area contributed by atoms with E-state index in [4.69, 9.17) is 4.74 Å². The maximum absolute atomic E-state index is 13.7. The molecule has 0 saturated carbocycles. The summed E-state index contributed by atoms with van der Waals surface area (Å²) in [5, 5.41) is 17.1. The summed E-state index contributed by atoms with van der Waals surface area (Å²) < 4.78 is 20.6. The zero-order valence-corrected chi connectivity index (χ0v) is 17.4. The molecular formula is C20H25FN6O3. The SMILES string of the molecule is CCOCCn1nc(C(=O)O)c2nc(N(C)CC)nc(Nc3ccc(F)c(C)c3)c21. The molecule has 0 atom stereocenters. The van der Waals surface area contributed by atoms with Crippen molar-refractivity contribution in [1.82, 2.24) is 19.7 Å². The Morgan fingerprint density at radius 3 is 2.73 bits per heavy atom. The van der Waals surface area contributed by atoms with E-state index < -0.39 is 5.97 Å². The van der Waals surface area contributed by atoms with Crippen molar-refractivity contribution in [3.8, 4) is 0 Å². The quantitative estimate of drug-likeness (QED) is 0.512. The zero-order chi connectivity index (χ0) is 21.8. The van der Waals surface area contributed by atoms with Crippen molar-refractivity contribution >= 4 is 34.5 Å². The molecule has 0 aliphatic carbocycles. The molecular weight excluding hydrogens is 391 g/mol. The number of carboxylic acids is 1. The van der Waals surface area contributed by atoms with Crippen LogP contribution in [0.3, 0.4) is 0 Å². The molecule has 3 aromatic rings. The van der Waals surface area contributed by atoms with Crippen LogP contribution in [0.15, 0.2) is 18.2 Å². The minimum Gasteiger partial charge on any atom is -0.476 e. The molecule has 2 aromatic heterocycles. The van der Waals surface area contributed by atoms with Crippen LogP contribution in [0.1, 0.15) is 29.9 Å². The van der Waals surface area contributed by atoms with E-state index in [1.807, 2.05) is 20.9 Å². The molecule has 3 rings (SSSR count). The summed E-state index contributed by atoms with van der Waals surface area (Å²) in [7, 11) is 1.81. The summed E-state index contributed by atoms with van der Waals surface area (Å²) in [6, 6.07) is 4.62. The average Bonchev–Trinajstić information content (AvgIpc) is 3.09. The van der Waals surface area contributed by atoms with E-state index in [0.717, 1.165) is 0 Å². The number of aryl methyl sites for hydroxylation is 1. The van der Waals surface area contributed by atoms with Gasteiger partial charge < -0.3 is 20.1 Å². The molecule has 0 radical (unpaired) electrons. The van der Waals surface area contributed by atoms with E-state index in [9.17, 15) is 14.3 Å². The first-order chi connectivity index (χ1) is 14.3. The minimum atomic E-state index is -1.18. The van der Waals surface area contributed by atoms with Gasteiger partial charge in [-0.15, -0.1) is 0 Å². The Morgan fingerprint density at radius 2 is 2.10 bits per heavy atom. The number of fused-ring (bicyclic) bond motifs is 1. The lowest BCUT2D eigenvalue weighted by Gasteiger charge is -2.17. The summed E-state index contributed by atoms with van der Waals surface area (Å²) in [5.41, 5.74) is 1.61. The number of benzene rings is 1. The van der Waals surface area contributed by atoms with Gasteiger partial charge in [0.25, 0.3) is 0 Å². The van der Waals surface area contributed by atoms with Gasteiger partial charge in [-0.05, 0) is 44.5 Å². The van der Waals surface area contributed by atoms with Crippen LogP contribution in [0.2, 0.25) is 0 Å². The Balaban J connectivity index is 2.19. The molecule has 0 unspecified atom stereocenters. The van der Waals surface area contributed by atoms with E-state index in [2.05, 4.69) is 20.4 Å². The first-order valence-electron chi connectivity index (χ1n) is 9.69. The number of nitrogens with zero attached hydrogens (tertiary/aromatic N) is 5. The van der Waals surface area contributed by atoms with E-state index in [-0.39, 0.29) is 17.0 Å². The number of anilines is 3. The lowest BCUT2D eigenvalue weighted by atomic mass is 10.2. The van der Waals surface area contributed by atoms with Gasteiger partial charge in [0.15, 0.2) is 11.5 Å². The molecule has 0 fully saturated rings. The number of aromatic nitrogens is 4. The molecule has 0 spiro atoms. The van der Waals surface area contributed by atoms with Gasteiger partial charge in [0.05, 0.1) is 13.2 Å². The van der Waals surface area contributed by atoms with Gasteiger partial charge in [-0.1, -0.05) is 0 Å². The Labute approximate surface area is 173 Å². The maximum Gasteiger partial charge on any atom is 0.358 e. The first kappa shape index (κ1) is 21.4. The molecule has 0 bridgehead atoms. The van der Waals surface area contributed by atoms with Gasteiger partial charge in [0.1, 0.15) is 16.9 Å². The summed E-state index contributed by atoms with van der Waals surface area (Å²) in [6.07, 6.45) is 0. The second-order valence-corrected chi connectivity index (χ2v) is 6.75. The Bertz CT molecular complexity index is 1070. The Hall–Kier alpha value is -3.27. The number of hydrogen-bond acceptors (Lipinski definition) is 7.